The minimum atomic E-state index is -0.133. The Labute approximate surface area is 136 Å². The molecule has 5 heteroatoms. The van der Waals surface area contributed by atoms with Crippen LogP contribution in [0.25, 0.3) is 0 Å². The van der Waals surface area contributed by atoms with E-state index >= 15 is 0 Å². The Balaban J connectivity index is 1.59. The highest BCUT2D eigenvalue weighted by atomic mass is 16.5. The van der Waals surface area contributed by atoms with Crippen molar-refractivity contribution in [1.29, 1.82) is 0 Å². The van der Waals surface area contributed by atoms with Gasteiger partial charge in [-0.05, 0) is 24.0 Å². The second-order valence-electron chi connectivity index (χ2n) is 6.32. The summed E-state index contributed by atoms with van der Waals surface area (Å²) < 4.78 is 5.85. The SMILES string of the molecule is CC(C)c1cc(C(=O)NC[C@H]2CCO[C@@H]2c2ccccc2)n[nH]1. The molecule has 1 aromatic carbocycles. The minimum absolute atomic E-state index is 0.0573. The Kier molecular flexibility index (Phi) is 4.76. The quantitative estimate of drug-likeness (QED) is 0.891. The van der Waals surface area contributed by atoms with E-state index in [4.69, 9.17) is 4.74 Å². The molecule has 1 aliphatic rings. The van der Waals surface area contributed by atoms with Gasteiger partial charge < -0.3 is 10.1 Å². The first kappa shape index (κ1) is 15.7. The van der Waals surface area contributed by atoms with E-state index < -0.39 is 0 Å². The summed E-state index contributed by atoms with van der Waals surface area (Å²) in [6.07, 6.45) is 1.01. The fourth-order valence-electron chi connectivity index (χ4n) is 2.92. The topological polar surface area (TPSA) is 67.0 Å². The summed E-state index contributed by atoms with van der Waals surface area (Å²) in [5.41, 5.74) is 2.59. The lowest BCUT2D eigenvalue weighted by Crippen LogP contribution is -2.30. The third-order valence-electron chi connectivity index (χ3n) is 4.32. The van der Waals surface area contributed by atoms with Crippen molar-refractivity contribution in [1.82, 2.24) is 15.5 Å². The Bertz CT molecular complexity index is 651. The summed E-state index contributed by atoms with van der Waals surface area (Å²) in [7, 11) is 0. The molecule has 0 unspecified atom stereocenters. The molecule has 1 amide bonds. The molecule has 1 aromatic heterocycles. The highest BCUT2D eigenvalue weighted by molar-refractivity contribution is 5.92. The van der Waals surface area contributed by atoms with E-state index in [0.29, 0.717) is 24.1 Å². The second-order valence-corrected chi connectivity index (χ2v) is 6.32. The minimum Gasteiger partial charge on any atom is -0.373 e. The van der Waals surface area contributed by atoms with Gasteiger partial charge in [0.1, 0.15) is 5.69 Å². The average molecular weight is 313 g/mol. The molecule has 5 nitrogen and oxygen atoms in total. The van der Waals surface area contributed by atoms with Gasteiger partial charge in [0.05, 0.1) is 6.10 Å². The number of hydrogen-bond donors (Lipinski definition) is 2. The molecule has 1 saturated heterocycles. The van der Waals surface area contributed by atoms with Crippen LogP contribution in [0.4, 0.5) is 0 Å². The molecule has 2 aromatic rings. The Morgan fingerprint density at radius 1 is 1.39 bits per heavy atom. The summed E-state index contributed by atoms with van der Waals surface area (Å²) in [4.78, 5) is 12.2. The van der Waals surface area contributed by atoms with E-state index in [2.05, 4.69) is 41.5 Å². The van der Waals surface area contributed by atoms with Crippen molar-refractivity contribution in [2.45, 2.75) is 32.3 Å². The summed E-state index contributed by atoms with van der Waals surface area (Å²) in [6.45, 7) is 5.47. The second kappa shape index (κ2) is 6.96. The van der Waals surface area contributed by atoms with E-state index in [9.17, 15) is 4.79 Å². The number of amides is 1. The van der Waals surface area contributed by atoms with Gasteiger partial charge in [-0.15, -0.1) is 0 Å². The third kappa shape index (κ3) is 3.62. The zero-order valence-electron chi connectivity index (χ0n) is 13.6. The molecule has 3 rings (SSSR count). The molecule has 0 bridgehead atoms. The number of benzene rings is 1. The first-order valence-corrected chi connectivity index (χ1v) is 8.15. The van der Waals surface area contributed by atoms with Crippen LogP contribution in [0.5, 0.6) is 0 Å². The summed E-state index contributed by atoms with van der Waals surface area (Å²) in [6, 6.07) is 12.0. The standard InChI is InChI=1S/C18H23N3O2/c1-12(2)15-10-16(21-20-15)18(22)19-11-14-8-9-23-17(14)13-6-4-3-5-7-13/h3-7,10,12,14,17H,8-9,11H2,1-2H3,(H,19,22)(H,20,21)/t14-,17-/m1/s1. The number of aromatic amines is 1. The van der Waals surface area contributed by atoms with Gasteiger partial charge in [0.25, 0.3) is 5.91 Å². The number of ether oxygens (including phenoxy) is 1. The van der Waals surface area contributed by atoms with Crippen LogP contribution in [0.1, 0.15) is 54.0 Å². The van der Waals surface area contributed by atoms with Crippen LogP contribution in [-0.2, 0) is 4.74 Å². The summed E-state index contributed by atoms with van der Waals surface area (Å²) >= 11 is 0. The highest BCUT2D eigenvalue weighted by Crippen LogP contribution is 2.33. The van der Waals surface area contributed by atoms with Crippen LogP contribution in [0.3, 0.4) is 0 Å². The molecule has 122 valence electrons. The van der Waals surface area contributed by atoms with Crippen LogP contribution in [0, 0.1) is 5.92 Å². The summed E-state index contributed by atoms with van der Waals surface area (Å²) in [5, 5.41) is 10.00. The molecule has 2 N–H and O–H groups in total. The number of nitrogens with one attached hydrogen (secondary N) is 2. The van der Waals surface area contributed by atoms with E-state index in [1.165, 1.54) is 5.56 Å². The van der Waals surface area contributed by atoms with Gasteiger partial charge in [0.15, 0.2) is 0 Å². The normalized spacial score (nSPS) is 20.8. The van der Waals surface area contributed by atoms with E-state index in [1.54, 1.807) is 0 Å². The highest BCUT2D eigenvalue weighted by Gasteiger charge is 2.30. The predicted octanol–water partition coefficient (Wildman–Crippen LogP) is 3.04. The molecular weight excluding hydrogens is 290 g/mol. The molecule has 0 radical (unpaired) electrons. The maximum atomic E-state index is 12.2. The smallest absolute Gasteiger partial charge is 0.271 e. The summed E-state index contributed by atoms with van der Waals surface area (Å²) in [5.74, 6) is 0.492. The monoisotopic (exact) mass is 313 g/mol. The molecular formula is C18H23N3O2. The molecule has 23 heavy (non-hydrogen) atoms. The lowest BCUT2D eigenvalue weighted by Gasteiger charge is -2.19. The lowest BCUT2D eigenvalue weighted by atomic mass is 9.95. The number of rotatable bonds is 5. The number of hydrogen-bond acceptors (Lipinski definition) is 3. The van der Waals surface area contributed by atoms with E-state index in [1.807, 2.05) is 24.3 Å². The van der Waals surface area contributed by atoms with Crippen LogP contribution in [-0.4, -0.2) is 29.3 Å². The van der Waals surface area contributed by atoms with Crippen LogP contribution in [0.15, 0.2) is 36.4 Å². The molecule has 0 aliphatic carbocycles. The van der Waals surface area contributed by atoms with Crippen LogP contribution >= 0.6 is 0 Å². The molecule has 1 fully saturated rings. The average Bonchev–Trinajstić information content (AvgIpc) is 3.22. The lowest BCUT2D eigenvalue weighted by molar-refractivity contribution is 0.0844. The Morgan fingerprint density at radius 3 is 2.87 bits per heavy atom. The van der Waals surface area contributed by atoms with Gasteiger partial charge in [-0.25, -0.2) is 0 Å². The van der Waals surface area contributed by atoms with Crippen molar-refractivity contribution in [2.24, 2.45) is 5.92 Å². The van der Waals surface area contributed by atoms with Crippen molar-refractivity contribution in [2.75, 3.05) is 13.2 Å². The maximum Gasteiger partial charge on any atom is 0.271 e. The number of H-pyrrole nitrogens is 1. The molecule has 2 atom stereocenters. The van der Waals surface area contributed by atoms with Gasteiger partial charge >= 0.3 is 0 Å². The van der Waals surface area contributed by atoms with Gasteiger partial charge in [0.2, 0.25) is 0 Å². The number of carbonyl (C=O) groups excluding carboxylic acids is 1. The molecule has 0 saturated carbocycles. The number of nitrogens with zero attached hydrogens (tertiary/aromatic N) is 1. The van der Waals surface area contributed by atoms with Crippen molar-refractivity contribution in [3.63, 3.8) is 0 Å². The first-order valence-electron chi connectivity index (χ1n) is 8.15. The Hall–Kier alpha value is -2.14. The zero-order chi connectivity index (χ0) is 16.2. The number of aromatic nitrogens is 2. The fourth-order valence-corrected chi connectivity index (χ4v) is 2.92. The van der Waals surface area contributed by atoms with Crippen molar-refractivity contribution >= 4 is 5.91 Å². The van der Waals surface area contributed by atoms with E-state index in [-0.39, 0.29) is 12.0 Å². The van der Waals surface area contributed by atoms with E-state index in [0.717, 1.165) is 18.7 Å². The van der Waals surface area contributed by atoms with Crippen LogP contribution in [0.2, 0.25) is 0 Å². The van der Waals surface area contributed by atoms with Crippen molar-refractivity contribution in [3.8, 4) is 0 Å². The van der Waals surface area contributed by atoms with Gasteiger partial charge in [-0.1, -0.05) is 44.2 Å². The molecule has 2 heterocycles. The van der Waals surface area contributed by atoms with Gasteiger partial charge in [0, 0.05) is 24.8 Å². The van der Waals surface area contributed by atoms with Gasteiger partial charge in [-0.3, -0.25) is 9.89 Å². The number of carbonyl (C=O) groups is 1. The fraction of sp³-hybridized carbons (Fsp3) is 0.444. The third-order valence-corrected chi connectivity index (χ3v) is 4.32. The molecule has 0 spiro atoms. The predicted molar refractivity (Wildman–Crippen MR) is 88.3 cm³/mol. The van der Waals surface area contributed by atoms with Crippen molar-refractivity contribution < 1.29 is 9.53 Å². The molecule has 1 aliphatic heterocycles. The van der Waals surface area contributed by atoms with Crippen LogP contribution < -0.4 is 5.32 Å². The largest absolute Gasteiger partial charge is 0.373 e. The van der Waals surface area contributed by atoms with Crippen molar-refractivity contribution in [3.05, 3.63) is 53.3 Å². The van der Waals surface area contributed by atoms with Gasteiger partial charge in [-0.2, -0.15) is 5.10 Å². The Morgan fingerprint density at radius 2 is 2.17 bits per heavy atom. The maximum absolute atomic E-state index is 12.2. The first-order chi connectivity index (χ1) is 11.1. The zero-order valence-corrected chi connectivity index (χ0v) is 13.6.